The van der Waals surface area contributed by atoms with Crippen LogP contribution in [0.1, 0.15) is 16.7 Å². The monoisotopic (exact) mass is 481 g/mol. The second-order valence-corrected chi connectivity index (χ2v) is 9.10. The quantitative estimate of drug-likeness (QED) is 0.399. The molecule has 4 rings (SSSR count). The van der Waals surface area contributed by atoms with Crippen molar-refractivity contribution in [1.29, 1.82) is 0 Å². The molecule has 0 bridgehead atoms. The molecule has 0 unspecified atom stereocenters. The van der Waals surface area contributed by atoms with Gasteiger partial charge in [-0.2, -0.15) is 0 Å². The summed E-state index contributed by atoms with van der Waals surface area (Å²) in [6.07, 6.45) is 1.63. The molecule has 7 heteroatoms. The van der Waals surface area contributed by atoms with Crippen molar-refractivity contribution in [3.05, 3.63) is 92.3 Å². The number of halogens is 1. The van der Waals surface area contributed by atoms with E-state index in [1.54, 1.807) is 17.2 Å². The largest absolute Gasteiger partial charge is 0.305 e. The van der Waals surface area contributed by atoms with Crippen molar-refractivity contribution in [3.63, 3.8) is 0 Å². The predicted octanol–water partition coefficient (Wildman–Crippen LogP) is 5.07. The first-order valence-corrected chi connectivity index (χ1v) is 11.1. The van der Waals surface area contributed by atoms with E-state index in [0.717, 1.165) is 31.4 Å². The van der Waals surface area contributed by atoms with Gasteiger partial charge in [0.05, 0.1) is 16.8 Å². The van der Waals surface area contributed by atoms with E-state index in [1.807, 2.05) is 43.3 Å². The van der Waals surface area contributed by atoms with Gasteiger partial charge in [0.1, 0.15) is 6.54 Å². The summed E-state index contributed by atoms with van der Waals surface area (Å²) in [5, 5.41) is 0.635. The maximum absolute atomic E-state index is 13.3. The highest BCUT2D eigenvalue weighted by atomic mass is 79.9. The first-order valence-electron chi connectivity index (χ1n) is 9.49. The Morgan fingerprint density at radius 2 is 1.90 bits per heavy atom. The number of carbonyl (C=O) groups is 1. The Morgan fingerprint density at radius 3 is 2.67 bits per heavy atom. The van der Waals surface area contributed by atoms with Crippen LogP contribution < -0.4 is 10.5 Å². The lowest BCUT2D eigenvalue weighted by Gasteiger charge is -2.20. The summed E-state index contributed by atoms with van der Waals surface area (Å²) < 4.78 is 3.23. The number of aromatic nitrogens is 2. The van der Waals surface area contributed by atoms with Gasteiger partial charge in [-0.25, -0.2) is 4.98 Å². The number of hydrogen-bond donors (Lipinski definition) is 0. The maximum Gasteiger partial charge on any atom is 0.251 e. The third-order valence-corrected chi connectivity index (χ3v) is 6.48. The van der Waals surface area contributed by atoms with Gasteiger partial charge in [-0.15, -0.1) is 0 Å². The predicted molar refractivity (Wildman–Crippen MR) is 125 cm³/mol. The van der Waals surface area contributed by atoms with Crippen LogP contribution in [0.3, 0.4) is 0 Å². The van der Waals surface area contributed by atoms with E-state index in [0.29, 0.717) is 11.7 Å². The minimum Gasteiger partial charge on any atom is -0.305 e. The zero-order chi connectivity index (χ0) is 21.3. The molecule has 1 amide bonds. The van der Waals surface area contributed by atoms with Crippen LogP contribution >= 0.6 is 27.3 Å². The number of amides is 1. The molecule has 2 aromatic carbocycles. The Labute approximate surface area is 186 Å². The number of aryl methyl sites for hydroxylation is 2. The number of nitrogens with zero attached hydrogens (tertiary/aromatic N) is 3. The normalized spacial score (nSPS) is 11.0. The fraction of sp³-hybridized carbons (Fsp3) is 0.174. The second-order valence-electron chi connectivity index (χ2n) is 7.21. The van der Waals surface area contributed by atoms with E-state index in [1.165, 1.54) is 22.0 Å². The Bertz CT molecular complexity index is 1280. The highest BCUT2D eigenvalue weighted by Gasteiger charge is 2.21. The smallest absolute Gasteiger partial charge is 0.251 e. The Balaban J connectivity index is 1.74. The van der Waals surface area contributed by atoms with Crippen molar-refractivity contribution in [2.75, 3.05) is 4.90 Å². The summed E-state index contributed by atoms with van der Waals surface area (Å²) in [6.45, 7) is 4.43. The van der Waals surface area contributed by atoms with E-state index in [4.69, 9.17) is 4.98 Å². The highest BCUT2D eigenvalue weighted by Crippen LogP contribution is 2.33. The van der Waals surface area contributed by atoms with E-state index in [9.17, 15) is 9.59 Å². The first-order chi connectivity index (χ1) is 14.4. The fourth-order valence-corrected chi connectivity index (χ4v) is 4.78. The van der Waals surface area contributed by atoms with Gasteiger partial charge in [0.25, 0.3) is 5.56 Å². The van der Waals surface area contributed by atoms with E-state index in [-0.39, 0.29) is 18.0 Å². The van der Waals surface area contributed by atoms with Gasteiger partial charge in [-0.05, 0) is 58.6 Å². The molecule has 5 nitrogen and oxygen atoms in total. The van der Waals surface area contributed by atoms with Crippen molar-refractivity contribution >= 4 is 48.5 Å². The highest BCUT2D eigenvalue weighted by molar-refractivity contribution is 9.10. The SMILES string of the molecule is Cc1cc(C)c2sc(N(Cc3ccccc3)C(=O)Cn3cc(Br)ccc3=O)nc2c1. The molecule has 152 valence electrons. The molecule has 0 radical (unpaired) electrons. The van der Waals surface area contributed by atoms with Gasteiger partial charge in [-0.3, -0.25) is 14.5 Å². The molecule has 0 spiro atoms. The zero-order valence-electron chi connectivity index (χ0n) is 16.6. The summed E-state index contributed by atoms with van der Waals surface area (Å²) >= 11 is 4.87. The number of hydrogen-bond acceptors (Lipinski definition) is 4. The molecule has 0 saturated heterocycles. The van der Waals surface area contributed by atoms with Gasteiger partial charge in [0, 0.05) is 16.7 Å². The number of rotatable bonds is 5. The van der Waals surface area contributed by atoms with Crippen molar-refractivity contribution < 1.29 is 4.79 Å². The summed E-state index contributed by atoms with van der Waals surface area (Å²) in [5.41, 5.74) is 3.95. The molecular formula is C23H20BrN3O2S. The summed E-state index contributed by atoms with van der Waals surface area (Å²) in [6, 6.07) is 17.1. The van der Waals surface area contributed by atoms with Crippen LogP contribution in [0.4, 0.5) is 5.13 Å². The number of pyridine rings is 1. The number of fused-ring (bicyclic) bond motifs is 1. The third kappa shape index (κ3) is 4.37. The number of benzene rings is 2. The minimum atomic E-state index is -0.220. The maximum atomic E-state index is 13.3. The second kappa shape index (κ2) is 8.53. The van der Waals surface area contributed by atoms with Crippen molar-refractivity contribution in [1.82, 2.24) is 9.55 Å². The lowest BCUT2D eigenvalue weighted by atomic mass is 10.1. The molecule has 0 aliphatic carbocycles. The molecule has 0 atom stereocenters. The molecule has 0 N–H and O–H groups in total. The van der Waals surface area contributed by atoms with Crippen molar-refractivity contribution in [2.24, 2.45) is 0 Å². The standard InChI is InChI=1S/C23H20BrN3O2S/c1-15-10-16(2)22-19(11-15)25-23(30-22)27(12-17-6-4-3-5-7-17)21(29)14-26-13-18(24)8-9-20(26)28/h3-11,13H,12,14H2,1-2H3. The zero-order valence-corrected chi connectivity index (χ0v) is 19.0. The fourth-order valence-electron chi connectivity index (χ4n) is 3.37. The molecular weight excluding hydrogens is 462 g/mol. The molecule has 30 heavy (non-hydrogen) atoms. The average molecular weight is 482 g/mol. The summed E-state index contributed by atoms with van der Waals surface area (Å²) in [7, 11) is 0. The van der Waals surface area contributed by atoms with Crippen LogP contribution in [0.15, 0.2) is 70.1 Å². The van der Waals surface area contributed by atoms with Crippen LogP contribution in [0.25, 0.3) is 10.2 Å². The summed E-state index contributed by atoms with van der Waals surface area (Å²) in [4.78, 5) is 32.0. The van der Waals surface area contributed by atoms with Gasteiger partial charge >= 0.3 is 0 Å². The van der Waals surface area contributed by atoms with E-state index in [2.05, 4.69) is 28.9 Å². The van der Waals surface area contributed by atoms with Crippen molar-refractivity contribution in [3.8, 4) is 0 Å². The van der Waals surface area contributed by atoms with Crippen LogP contribution in [-0.2, 0) is 17.9 Å². The topological polar surface area (TPSA) is 55.2 Å². The number of thiazole rings is 1. The van der Waals surface area contributed by atoms with E-state index >= 15 is 0 Å². The van der Waals surface area contributed by atoms with Gasteiger partial charge < -0.3 is 4.57 Å². The number of carbonyl (C=O) groups excluding carboxylic acids is 1. The van der Waals surface area contributed by atoms with Crippen molar-refractivity contribution in [2.45, 2.75) is 26.9 Å². The van der Waals surface area contributed by atoms with Crippen LogP contribution in [0.2, 0.25) is 0 Å². The van der Waals surface area contributed by atoms with E-state index < -0.39 is 0 Å². The third-order valence-electron chi connectivity index (χ3n) is 4.78. The van der Waals surface area contributed by atoms with Gasteiger partial charge in [-0.1, -0.05) is 47.7 Å². The molecule has 2 aromatic heterocycles. The Morgan fingerprint density at radius 1 is 1.13 bits per heavy atom. The van der Waals surface area contributed by atoms with Gasteiger partial charge in [0.2, 0.25) is 5.91 Å². The minimum absolute atomic E-state index is 0.0565. The lowest BCUT2D eigenvalue weighted by Crippen LogP contribution is -2.36. The number of anilines is 1. The summed E-state index contributed by atoms with van der Waals surface area (Å²) in [5.74, 6) is -0.188. The molecule has 0 saturated carbocycles. The van der Waals surface area contributed by atoms with Crippen LogP contribution in [0, 0.1) is 13.8 Å². The molecule has 4 aromatic rings. The Kier molecular flexibility index (Phi) is 5.83. The van der Waals surface area contributed by atoms with Gasteiger partial charge in [0.15, 0.2) is 5.13 Å². The lowest BCUT2D eigenvalue weighted by molar-refractivity contribution is -0.119. The Hall–Kier alpha value is -2.77. The molecule has 0 aliphatic rings. The molecule has 0 fully saturated rings. The molecule has 2 heterocycles. The first kappa shape index (κ1) is 20.5. The van der Waals surface area contributed by atoms with Crippen LogP contribution in [-0.4, -0.2) is 15.5 Å². The molecule has 0 aliphatic heterocycles. The average Bonchev–Trinajstić information content (AvgIpc) is 3.13. The van der Waals surface area contributed by atoms with Crippen LogP contribution in [0.5, 0.6) is 0 Å².